The fraction of sp³-hybridized carbons (Fsp3) is 0.500. The molecule has 18 heavy (non-hydrogen) atoms. The molecule has 2 heterocycles. The van der Waals surface area contributed by atoms with Crippen LogP contribution in [-0.2, 0) is 15.6 Å². The molecule has 0 saturated carbocycles. The number of hydrogen-bond donors (Lipinski definition) is 2. The normalized spacial score (nSPS) is 32.3. The largest absolute Gasteiger partial charge is 0.303 e. The van der Waals surface area contributed by atoms with Crippen LogP contribution in [0.3, 0.4) is 0 Å². The molecule has 0 radical (unpaired) electrons. The second-order valence-electron chi connectivity index (χ2n) is 4.54. The van der Waals surface area contributed by atoms with E-state index in [-0.39, 0.29) is 5.75 Å². The molecular formula is C10H15BrN4O2S. The minimum absolute atomic E-state index is 0.0757. The van der Waals surface area contributed by atoms with Crippen molar-refractivity contribution in [2.45, 2.75) is 18.8 Å². The van der Waals surface area contributed by atoms with E-state index in [0.717, 1.165) is 4.31 Å². The van der Waals surface area contributed by atoms with Gasteiger partial charge in [-0.2, -0.15) is 4.31 Å². The molecule has 1 saturated heterocycles. The molecule has 6 nitrogen and oxygen atoms in total. The van der Waals surface area contributed by atoms with Gasteiger partial charge in [-0.3, -0.25) is 5.32 Å². The number of halogens is 1. The summed E-state index contributed by atoms with van der Waals surface area (Å²) in [4.78, 5) is 4.31. The molecule has 1 aliphatic rings. The number of hydrogen-bond acceptors (Lipinski definition) is 5. The molecule has 100 valence electrons. The minimum Gasteiger partial charge on any atom is -0.303 e. The Morgan fingerprint density at radius 1 is 1.61 bits per heavy atom. The standard InChI is InChI=1S/C10H15BrN4O2S/c1-10(7-4-3-5-8(11)13-7)6-18(16,17)15(2)9(12)14-10/h3-5,9,14H,6,12H2,1-2H3/t9?,10-/m0/s1. The summed E-state index contributed by atoms with van der Waals surface area (Å²) in [5, 5.41) is 3.08. The zero-order chi connectivity index (χ0) is 13.6. The van der Waals surface area contributed by atoms with E-state index in [1.807, 2.05) is 6.07 Å². The molecular weight excluding hydrogens is 320 g/mol. The lowest BCUT2D eigenvalue weighted by Gasteiger charge is -2.42. The molecule has 3 N–H and O–H groups in total. The number of nitrogens with one attached hydrogen (secondary N) is 1. The summed E-state index contributed by atoms with van der Waals surface area (Å²) in [6, 6.07) is 5.39. The van der Waals surface area contributed by atoms with Crippen molar-refractivity contribution in [3.05, 3.63) is 28.5 Å². The Morgan fingerprint density at radius 2 is 2.28 bits per heavy atom. The van der Waals surface area contributed by atoms with Crippen LogP contribution in [0.5, 0.6) is 0 Å². The highest BCUT2D eigenvalue weighted by atomic mass is 79.9. The third-order valence-corrected chi connectivity index (χ3v) is 5.54. The van der Waals surface area contributed by atoms with Crippen LogP contribution in [0.1, 0.15) is 12.6 Å². The van der Waals surface area contributed by atoms with Gasteiger partial charge in [0.15, 0.2) is 0 Å². The second-order valence-corrected chi connectivity index (χ2v) is 7.38. The predicted molar refractivity (Wildman–Crippen MR) is 71.9 cm³/mol. The average molecular weight is 335 g/mol. The Hall–Kier alpha value is -0.540. The van der Waals surface area contributed by atoms with Crippen LogP contribution >= 0.6 is 15.9 Å². The predicted octanol–water partition coefficient (Wildman–Crippen LogP) is 0.166. The maximum atomic E-state index is 12.0. The monoisotopic (exact) mass is 334 g/mol. The van der Waals surface area contributed by atoms with E-state index in [0.29, 0.717) is 10.3 Å². The Bertz CT molecular complexity index is 565. The fourth-order valence-corrected chi connectivity index (χ4v) is 3.87. The number of nitrogens with zero attached hydrogens (tertiary/aromatic N) is 2. The molecule has 1 unspecified atom stereocenters. The number of aromatic nitrogens is 1. The van der Waals surface area contributed by atoms with Gasteiger partial charge in [0.25, 0.3) is 0 Å². The SMILES string of the molecule is CN1C(N)N[C@](C)(c2cccc(Br)n2)CS1(=O)=O. The number of rotatable bonds is 1. The third-order valence-electron chi connectivity index (χ3n) is 3.05. The van der Waals surface area contributed by atoms with Crippen LogP contribution in [0, 0.1) is 0 Å². The molecule has 0 aromatic carbocycles. The number of sulfonamides is 1. The van der Waals surface area contributed by atoms with Gasteiger partial charge >= 0.3 is 0 Å². The van der Waals surface area contributed by atoms with Crippen molar-refractivity contribution >= 4 is 26.0 Å². The molecule has 2 rings (SSSR count). The van der Waals surface area contributed by atoms with Gasteiger partial charge in [0.2, 0.25) is 10.0 Å². The van der Waals surface area contributed by atoms with E-state index < -0.39 is 21.9 Å². The average Bonchev–Trinajstić information content (AvgIpc) is 2.25. The molecule has 0 amide bonds. The molecule has 1 aromatic heterocycles. The first-order chi connectivity index (χ1) is 8.24. The third kappa shape index (κ3) is 2.43. The maximum Gasteiger partial charge on any atom is 0.218 e. The van der Waals surface area contributed by atoms with Gasteiger partial charge in [0.1, 0.15) is 10.9 Å². The van der Waals surface area contributed by atoms with Gasteiger partial charge in [-0.15, -0.1) is 0 Å². The van der Waals surface area contributed by atoms with Crippen LogP contribution in [0.15, 0.2) is 22.8 Å². The first-order valence-electron chi connectivity index (χ1n) is 5.37. The molecule has 1 aliphatic heterocycles. The van der Waals surface area contributed by atoms with Gasteiger partial charge in [-0.05, 0) is 35.0 Å². The smallest absolute Gasteiger partial charge is 0.218 e. The lowest BCUT2D eigenvalue weighted by atomic mass is 9.99. The van der Waals surface area contributed by atoms with Gasteiger partial charge in [-0.1, -0.05) is 6.07 Å². The Balaban J connectivity index is 2.44. The molecule has 8 heteroatoms. The van der Waals surface area contributed by atoms with E-state index in [9.17, 15) is 8.42 Å². The zero-order valence-electron chi connectivity index (χ0n) is 10.1. The van der Waals surface area contributed by atoms with Crippen LogP contribution in [0.4, 0.5) is 0 Å². The molecule has 0 spiro atoms. The summed E-state index contributed by atoms with van der Waals surface area (Å²) in [5.74, 6) is -0.0757. The lowest BCUT2D eigenvalue weighted by molar-refractivity contribution is 0.212. The van der Waals surface area contributed by atoms with Crippen molar-refractivity contribution < 1.29 is 8.42 Å². The number of pyridine rings is 1. The van der Waals surface area contributed by atoms with Crippen molar-refractivity contribution in [2.75, 3.05) is 12.8 Å². The molecule has 0 aliphatic carbocycles. The summed E-state index contributed by atoms with van der Waals surface area (Å²) in [7, 11) is -1.93. The van der Waals surface area contributed by atoms with Crippen LogP contribution in [0.25, 0.3) is 0 Å². The van der Waals surface area contributed by atoms with Crippen molar-refractivity contribution in [3.63, 3.8) is 0 Å². The molecule has 1 fully saturated rings. The first kappa shape index (κ1) is 13.9. The molecule has 2 atom stereocenters. The van der Waals surface area contributed by atoms with E-state index >= 15 is 0 Å². The summed E-state index contributed by atoms with van der Waals surface area (Å²) in [6.07, 6.45) is -0.755. The van der Waals surface area contributed by atoms with Crippen LogP contribution in [-0.4, -0.2) is 36.8 Å². The number of nitrogens with two attached hydrogens (primary N) is 1. The highest BCUT2D eigenvalue weighted by molar-refractivity contribution is 9.10. The Morgan fingerprint density at radius 3 is 2.83 bits per heavy atom. The van der Waals surface area contributed by atoms with Gasteiger partial charge in [0, 0.05) is 7.05 Å². The first-order valence-corrected chi connectivity index (χ1v) is 7.77. The Labute approximate surface area is 115 Å². The van der Waals surface area contributed by atoms with Crippen molar-refractivity contribution in [1.29, 1.82) is 0 Å². The van der Waals surface area contributed by atoms with Crippen molar-refractivity contribution in [3.8, 4) is 0 Å². The van der Waals surface area contributed by atoms with Crippen molar-refractivity contribution in [2.24, 2.45) is 5.73 Å². The minimum atomic E-state index is -3.39. The topological polar surface area (TPSA) is 88.3 Å². The van der Waals surface area contributed by atoms with Gasteiger partial charge in [0.05, 0.1) is 17.0 Å². The second kappa shape index (κ2) is 4.53. The quantitative estimate of drug-likeness (QED) is 0.714. The summed E-state index contributed by atoms with van der Waals surface area (Å²) >= 11 is 3.28. The van der Waals surface area contributed by atoms with Gasteiger partial charge in [-0.25, -0.2) is 13.4 Å². The van der Waals surface area contributed by atoms with Crippen LogP contribution < -0.4 is 11.1 Å². The maximum absolute atomic E-state index is 12.0. The summed E-state index contributed by atoms with van der Waals surface area (Å²) < 4.78 is 25.9. The Kier molecular flexibility index (Phi) is 3.50. The van der Waals surface area contributed by atoms with Crippen molar-refractivity contribution in [1.82, 2.24) is 14.6 Å². The summed E-state index contributed by atoms with van der Waals surface area (Å²) in [5.41, 5.74) is 5.65. The van der Waals surface area contributed by atoms with E-state index in [1.54, 1.807) is 19.1 Å². The van der Waals surface area contributed by atoms with Gasteiger partial charge < -0.3 is 5.73 Å². The molecule has 1 aromatic rings. The summed E-state index contributed by atoms with van der Waals surface area (Å²) in [6.45, 7) is 1.78. The van der Waals surface area contributed by atoms with E-state index in [4.69, 9.17) is 5.73 Å². The van der Waals surface area contributed by atoms with Crippen LogP contribution in [0.2, 0.25) is 0 Å². The lowest BCUT2D eigenvalue weighted by Crippen LogP contribution is -2.66. The van der Waals surface area contributed by atoms with E-state index in [1.165, 1.54) is 7.05 Å². The fourth-order valence-electron chi connectivity index (χ4n) is 1.96. The highest BCUT2D eigenvalue weighted by Gasteiger charge is 2.43. The molecule has 0 bridgehead atoms. The van der Waals surface area contributed by atoms with E-state index in [2.05, 4.69) is 26.2 Å². The highest BCUT2D eigenvalue weighted by Crippen LogP contribution is 2.27. The zero-order valence-corrected chi connectivity index (χ0v) is 12.5.